The van der Waals surface area contributed by atoms with Gasteiger partial charge in [-0.25, -0.2) is 0 Å². The van der Waals surface area contributed by atoms with Crippen molar-refractivity contribution in [2.24, 2.45) is 0 Å². The van der Waals surface area contributed by atoms with Crippen LogP contribution in [0.5, 0.6) is 0 Å². The Hall–Kier alpha value is -1.37. The first-order chi connectivity index (χ1) is 5.36. The third-order valence-electron chi connectivity index (χ3n) is 1.76. The molecule has 0 amide bonds. The Morgan fingerprint density at radius 1 is 1.27 bits per heavy atom. The van der Waals surface area contributed by atoms with Crippen LogP contribution in [-0.2, 0) is 0 Å². The summed E-state index contributed by atoms with van der Waals surface area (Å²) in [6.07, 6.45) is 1.82. The lowest BCUT2D eigenvalue weighted by atomic mass is 10.1. The molecular weight excluding hydrogens is 134 g/mol. The van der Waals surface area contributed by atoms with Crippen molar-refractivity contribution >= 4 is 10.9 Å². The van der Waals surface area contributed by atoms with Crippen LogP contribution in [0.25, 0.3) is 10.9 Å². The van der Waals surface area contributed by atoms with Gasteiger partial charge in [-0.2, -0.15) is 0 Å². The molecule has 0 aliphatic rings. The smallest absolute Gasteiger partial charge is 0.256 e. The van der Waals surface area contributed by atoms with Crippen LogP contribution in [-0.4, -0.2) is 4.98 Å². The standard InChI is InChI=1S/C10H9N/c1-8-4-5-9-3-2-6-11-10(9)7-8/h2-7H,1H3/p+1. The molecule has 0 radical (unpaired) electrons. The number of hydrogen-bond donors (Lipinski definition) is 0. The quantitative estimate of drug-likeness (QED) is 0.554. The van der Waals surface area contributed by atoms with Crippen LogP contribution in [0.3, 0.4) is 0 Å². The monoisotopic (exact) mass is 144 g/mol. The van der Waals surface area contributed by atoms with Gasteiger partial charge in [-0.15, -0.1) is 0 Å². The zero-order valence-electron chi connectivity index (χ0n) is 7.41. The number of nitrogens with zero attached hydrogens (tertiary/aromatic N) is 1. The first-order valence-electron chi connectivity index (χ1n) is 3.68. The minimum absolute atomic E-state index is 0. The first kappa shape index (κ1) is 6.35. The summed E-state index contributed by atoms with van der Waals surface area (Å²) in [7, 11) is 0. The van der Waals surface area contributed by atoms with Crippen molar-refractivity contribution in [1.82, 2.24) is 4.98 Å². The summed E-state index contributed by atoms with van der Waals surface area (Å²) < 4.78 is 0. The molecule has 2 rings (SSSR count). The van der Waals surface area contributed by atoms with E-state index in [2.05, 4.69) is 36.2 Å². The van der Waals surface area contributed by atoms with Crippen LogP contribution < -0.4 is 0 Å². The Kier molecular flexibility index (Phi) is 1.35. The van der Waals surface area contributed by atoms with Crippen molar-refractivity contribution < 1.29 is 1.43 Å². The summed E-state index contributed by atoms with van der Waals surface area (Å²) in [5.74, 6) is 0. The minimum Gasteiger partial charge on any atom is -0.256 e. The topological polar surface area (TPSA) is 12.9 Å². The summed E-state index contributed by atoms with van der Waals surface area (Å²) >= 11 is 0. The zero-order valence-corrected chi connectivity index (χ0v) is 6.41. The Balaban J connectivity index is 0.000000720. The Bertz CT molecular complexity index is 384. The molecule has 1 heteroatoms. The molecule has 0 spiro atoms. The maximum absolute atomic E-state index is 4.24. The van der Waals surface area contributed by atoms with E-state index in [0.29, 0.717) is 0 Å². The van der Waals surface area contributed by atoms with Crippen LogP contribution in [0.1, 0.15) is 6.99 Å². The fourth-order valence-electron chi connectivity index (χ4n) is 1.18. The number of rotatable bonds is 0. The van der Waals surface area contributed by atoms with E-state index in [1.165, 1.54) is 10.9 Å². The number of aryl methyl sites for hydroxylation is 1. The Labute approximate surface area is 67.2 Å². The largest absolute Gasteiger partial charge is 1.00 e. The maximum Gasteiger partial charge on any atom is 1.00 e. The third kappa shape index (κ3) is 1.09. The number of fused-ring (bicyclic) bond motifs is 1. The second-order valence-corrected chi connectivity index (χ2v) is 2.70. The molecule has 0 fully saturated rings. The van der Waals surface area contributed by atoms with Crippen molar-refractivity contribution in [2.45, 2.75) is 6.92 Å². The lowest BCUT2D eigenvalue weighted by Gasteiger charge is -1.95. The van der Waals surface area contributed by atoms with Crippen molar-refractivity contribution in [3.05, 3.63) is 42.1 Å². The molecule has 54 valence electrons. The van der Waals surface area contributed by atoms with E-state index in [4.69, 9.17) is 0 Å². The number of benzene rings is 1. The summed E-state index contributed by atoms with van der Waals surface area (Å²) in [6.45, 7) is 2.08. The number of hydrogen-bond acceptors (Lipinski definition) is 1. The van der Waals surface area contributed by atoms with Crippen molar-refractivity contribution in [2.75, 3.05) is 0 Å². The maximum atomic E-state index is 4.24. The average Bonchev–Trinajstić information content (AvgIpc) is 2.04. The predicted molar refractivity (Wildman–Crippen MR) is 47.6 cm³/mol. The van der Waals surface area contributed by atoms with Crippen LogP contribution in [0.15, 0.2) is 36.5 Å². The summed E-state index contributed by atoms with van der Waals surface area (Å²) in [5.41, 5.74) is 2.34. The lowest BCUT2D eigenvalue weighted by Crippen LogP contribution is -1.77. The third-order valence-corrected chi connectivity index (χ3v) is 1.76. The highest BCUT2D eigenvalue weighted by Crippen LogP contribution is 2.11. The van der Waals surface area contributed by atoms with Gasteiger partial charge < -0.3 is 0 Å². The fourth-order valence-corrected chi connectivity index (χ4v) is 1.18. The molecule has 0 saturated carbocycles. The van der Waals surface area contributed by atoms with Gasteiger partial charge in [0.15, 0.2) is 0 Å². The van der Waals surface area contributed by atoms with Crippen molar-refractivity contribution in [3.63, 3.8) is 0 Å². The van der Waals surface area contributed by atoms with E-state index in [-0.39, 0.29) is 1.43 Å². The highest BCUT2D eigenvalue weighted by atomic mass is 14.6. The van der Waals surface area contributed by atoms with Gasteiger partial charge in [-0.3, -0.25) is 4.98 Å². The lowest BCUT2D eigenvalue weighted by molar-refractivity contribution is 1.39. The van der Waals surface area contributed by atoms with E-state index < -0.39 is 0 Å². The fraction of sp³-hybridized carbons (Fsp3) is 0.100. The Morgan fingerprint density at radius 3 is 3.09 bits per heavy atom. The van der Waals surface area contributed by atoms with Crippen molar-refractivity contribution in [1.29, 1.82) is 0 Å². The first-order valence-corrected chi connectivity index (χ1v) is 3.68. The molecule has 1 aromatic carbocycles. The highest BCUT2D eigenvalue weighted by Gasteiger charge is 1.90. The van der Waals surface area contributed by atoms with Gasteiger partial charge in [0.2, 0.25) is 0 Å². The van der Waals surface area contributed by atoms with E-state index in [1.54, 1.807) is 0 Å². The second-order valence-electron chi connectivity index (χ2n) is 2.70. The summed E-state index contributed by atoms with van der Waals surface area (Å²) in [6, 6.07) is 10.3. The highest BCUT2D eigenvalue weighted by molar-refractivity contribution is 5.78. The molecular formula is C10H10N+. The molecule has 11 heavy (non-hydrogen) atoms. The molecule has 1 nitrogen and oxygen atoms in total. The number of aromatic nitrogens is 1. The number of pyridine rings is 1. The van der Waals surface area contributed by atoms with E-state index >= 15 is 0 Å². The van der Waals surface area contributed by atoms with Gasteiger partial charge in [-0.05, 0) is 24.6 Å². The average molecular weight is 144 g/mol. The molecule has 2 aromatic rings. The molecule has 0 saturated heterocycles. The molecule has 0 N–H and O–H groups in total. The van der Waals surface area contributed by atoms with Gasteiger partial charge in [0, 0.05) is 11.6 Å². The zero-order chi connectivity index (χ0) is 7.68. The van der Waals surface area contributed by atoms with E-state index in [9.17, 15) is 0 Å². The molecule has 0 aliphatic carbocycles. The van der Waals surface area contributed by atoms with E-state index in [0.717, 1.165) is 5.52 Å². The van der Waals surface area contributed by atoms with Gasteiger partial charge in [0.25, 0.3) is 0 Å². The molecule has 0 aliphatic heterocycles. The molecule has 0 atom stereocenters. The molecule has 1 aromatic heterocycles. The second kappa shape index (κ2) is 2.35. The van der Waals surface area contributed by atoms with Crippen LogP contribution in [0.2, 0.25) is 0 Å². The van der Waals surface area contributed by atoms with E-state index in [1.807, 2.05) is 12.3 Å². The van der Waals surface area contributed by atoms with Gasteiger partial charge in [0.05, 0.1) is 5.52 Å². The summed E-state index contributed by atoms with van der Waals surface area (Å²) in [5, 5.41) is 1.21. The predicted octanol–water partition coefficient (Wildman–Crippen LogP) is 2.66. The normalized spacial score (nSPS) is 10.3. The van der Waals surface area contributed by atoms with Crippen LogP contribution in [0, 0.1) is 6.92 Å². The SMILES string of the molecule is Cc1ccc2cccnc2c1.[H+]. The molecule has 1 heterocycles. The minimum atomic E-state index is 0. The van der Waals surface area contributed by atoms with Crippen molar-refractivity contribution in [3.8, 4) is 0 Å². The van der Waals surface area contributed by atoms with Gasteiger partial charge in [0.1, 0.15) is 0 Å². The molecule has 0 unspecified atom stereocenters. The van der Waals surface area contributed by atoms with Crippen LogP contribution >= 0.6 is 0 Å². The van der Waals surface area contributed by atoms with Crippen LogP contribution in [0.4, 0.5) is 0 Å². The van der Waals surface area contributed by atoms with Gasteiger partial charge >= 0.3 is 1.43 Å². The molecule has 0 bridgehead atoms. The summed E-state index contributed by atoms with van der Waals surface area (Å²) in [4.78, 5) is 4.24. The Morgan fingerprint density at radius 2 is 2.18 bits per heavy atom. The van der Waals surface area contributed by atoms with Gasteiger partial charge in [-0.1, -0.05) is 18.2 Å².